The molecule has 0 saturated heterocycles. The molecule has 13 heavy (non-hydrogen) atoms. The number of carbonyl (C=O) groups is 1. The van der Waals surface area contributed by atoms with E-state index in [0.29, 0.717) is 5.56 Å². The Morgan fingerprint density at radius 1 is 1.31 bits per heavy atom. The second-order valence-electron chi connectivity index (χ2n) is 2.64. The molecule has 0 aliphatic carbocycles. The number of aliphatic hydroxyl groups is 2. The highest BCUT2D eigenvalue weighted by Crippen LogP contribution is 2.15. The van der Waals surface area contributed by atoms with Crippen LogP contribution in [0, 0.1) is 0 Å². The third-order valence-corrected chi connectivity index (χ3v) is 1.69. The summed E-state index contributed by atoms with van der Waals surface area (Å²) in [7, 11) is 0. The Bertz CT molecular complexity index is 283. The van der Waals surface area contributed by atoms with Gasteiger partial charge >= 0.3 is 5.97 Å². The molecule has 0 aliphatic rings. The van der Waals surface area contributed by atoms with Gasteiger partial charge in [-0.1, -0.05) is 30.3 Å². The monoisotopic (exact) mass is 184 g/mol. The van der Waals surface area contributed by atoms with Gasteiger partial charge in [0, 0.05) is 0 Å². The van der Waals surface area contributed by atoms with Gasteiger partial charge in [-0.15, -0.1) is 0 Å². The maximum absolute atomic E-state index is 10.3. The summed E-state index contributed by atoms with van der Waals surface area (Å²) in [5.41, 5.74) is 0.386. The third-order valence-electron chi connectivity index (χ3n) is 1.69. The number of benzene rings is 1. The van der Waals surface area contributed by atoms with Crippen LogP contribution < -0.4 is 0 Å². The van der Waals surface area contributed by atoms with Crippen molar-refractivity contribution in [3.05, 3.63) is 35.9 Å². The Hall–Kier alpha value is -1.39. The largest absolute Gasteiger partial charge is 0.479 e. The lowest BCUT2D eigenvalue weighted by Crippen LogP contribution is -2.27. The minimum absolute atomic E-state index is 0.386. The molecule has 4 heteroatoms. The summed E-state index contributed by atoms with van der Waals surface area (Å²) >= 11 is 0. The molecule has 0 saturated carbocycles. The van der Waals surface area contributed by atoms with Crippen molar-refractivity contribution in [2.75, 3.05) is 0 Å². The number of hydrogen-bond donors (Lipinski definition) is 3. The van der Waals surface area contributed by atoms with E-state index in [1.165, 1.54) is 0 Å². The molecule has 0 radical (unpaired) electrons. The molecule has 70 valence electrons. The Kier molecular flexibility index (Phi) is 3.00. The maximum atomic E-state index is 10.3. The molecule has 4 nitrogen and oxygen atoms in total. The highest BCUT2D eigenvalue weighted by Gasteiger charge is 2.24. The van der Waals surface area contributed by atoms with Gasteiger partial charge in [0.15, 0.2) is 6.10 Å². The van der Waals surface area contributed by atoms with E-state index in [9.17, 15) is 9.90 Å². The zero-order chi connectivity index (χ0) is 9.84. The zero-order valence-electron chi connectivity index (χ0n) is 6.79. The normalized spacial score (nSPS) is 14.9. The van der Waals surface area contributed by atoms with E-state index in [-0.39, 0.29) is 0 Å². The zero-order valence-corrected chi connectivity index (χ0v) is 6.79. The molecule has 0 fully saturated rings. The number of aliphatic carboxylic acids is 1. The van der Waals surface area contributed by atoms with Crippen molar-refractivity contribution in [1.82, 2.24) is 0 Å². The average Bonchev–Trinajstić information content (AvgIpc) is 2.17. The van der Waals surface area contributed by atoms with Gasteiger partial charge < -0.3 is 15.3 Å². The molecule has 0 amide bonds. The number of hydrogen-bond acceptors (Lipinski definition) is 3. The smallest absolute Gasteiger partial charge is 0.335 e. The van der Waals surface area contributed by atoms with E-state index in [4.69, 9.17) is 10.2 Å². The average molecular weight is 184 g/mol. The fourth-order valence-corrected chi connectivity index (χ4v) is 0.968. The Morgan fingerprint density at radius 2 is 1.85 bits per heavy atom. The summed E-state index contributed by atoms with van der Waals surface area (Å²) in [5, 5.41) is 26.7. The maximum Gasteiger partial charge on any atom is 0.335 e. The number of carboxylic acid groups (broad SMARTS) is 1. The second kappa shape index (κ2) is 4.02. The minimum Gasteiger partial charge on any atom is -0.479 e. The van der Waals surface area contributed by atoms with Crippen LogP contribution in [0.25, 0.3) is 0 Å². The second-order valence-corrected chi connectivity index (χ2v) is 2.64. The molecule has 2 atom stereocenters. The van der Waals surface area contributed by atoms with Crippen molar-refractivity contribution in [3.63, 3.8) is 0 Å². The van der Waals surface area contributed by atoms with Gasteiger partial charge in [-0.2, -0.15) is 0 Å². The molecular formula is C9H10O4. The summed E-state index contributed by atoms with van der Waals surface area (Å²) in [6, 6.07) is 8.16. The fraction of sp³-hybridized carbons (Fsp3) is 0.222. The van der Waals surface area contributed by atoms with Crippen molar-refractivity contribution >= 4 is 5.97 Å². The standard InChI is InChI=1S/C9H10O4/c10-7(8(11)9(12)13)6-4-2-1-3-5-6/h1-5,7-8,10-11H,(H,12,13)/i7+2. The van der Waals surface area contributed by atoms with E-state index in [2.05, 4.69) is 0 Å². The van der Waals surface area contributed by atoms with Crippen molar-refractivity contribution in [1.29, 1.82) is 0 Å². The van der Waals surface area contributed by atoms with Crippen molar-refractivity contribution in [3.8, 4) is 0 Å². The molecule has 1 aromatic rings. The first-order valence-electron chi connectivity index (χ1n) is 3.77. The lowest BCUT2D eigenvalue weighted by molar-refractivity contribution is -0.153. The molecule has 0 heterocycles. The lowest BCUT2D eigenvalue weighted by Gasteiger charge is -2.13. The Labute approximate surface area is 75.1 Å². The van der Waals surface area contributed by atoms with Crippen LogP contribution in [0.4, 0.5) is 0 Å². The predicted molar refractivity (Wildman–Crippen MR) is 45.0 cm³/mol. The van der Waals surface area contributed by atoms with E-state index in [1.807, 2.05) is 0 Å². The molecular weight excluding hydrogens is 174 g/mol. The van der Waals surface area contributed by atoms with E-state index in [0.717, 1.165) is 0 Å². The van der Waals surface area contributed by atoms with Crippen molar-refractivity contribution < 1.29 is 20.1 Å². The molecule has 3 N–H and O–H groups in total. The van der Waals surface area contributed by atoms with Gasteiger partial charge in [0.1, 0.15) is 6.10 Å². The fourth-order valence-electron chi connectivity index (χ4n) is 0.968. The van der Waals surface area contributed by atoms with Gasteiger partial charge in [0.2, 0.25) is 0 Å². The van der Waals surface area contributed by atoms with Crippen LogP contribution in [-0.4, -0.2) is 27.4 Å². The summed E-state index contributed by atoms with van der Waals surface area (Å²) < 4.78 is 0. The quantitative estimate of drug-likeness (QED) is 0.625. The lowest BCUT2D eigenvalue weighted by atomic mass is 10.3. The molecule has 1 rings (SSSR count). The highest BCUT2D eigenvalue weighted by molar-refractivity contribution is 5.73. The molecule has 0 bridgehead atoms. The predicted octanol–water partition coefficient (Wildman–Crippen LogP) is 0.166. The van der Waals surface area contributed by atoms with Gasteiger partial charge in [0.25, 0.3) is 0 Å². The summed E-state index contributed by atoms with van der Waals surface area (Å²) in [6.45, 7) is 0. The van der Waals surface area contributed by atoms with E-state index in [1.54, 1.807) is 30.3 Å². The van der Waals surface area contributed by atoms with Crippen molar-refractivity contribution in [2.24, 2.45) is 0 Å². The van der Waals surface area contributed by atoms with Crippen LogP contribution >= 0.6 is 0 Å². The highest BCUT2D eigenvalue weighted by atomic mass is 16.5. The Morgan fingerprint density at radius 3 is 2.31 bits per heavy atom. The number of rotatable bonds is 3. The number of carboxylic acids is 1. The minimum atomic E-state index is -1.78. The van der Waals surface area contributed by atoms with Gasteiger partial charge in [0.05, 0.1) is 0 Å². The SMILES string of the molecule is O=C(O)C(O)[14CH](O)c1ccccc1. The van der Waals surface area contributed by atoms with E-state index < -0.39 is 18.2 Å². The van der Waals surface area contributed by atoms with Gasteiger partial charge in [-0.25, -0.2) is 4.79 Å². The van der Waals surface area contributed by atoms with Crippen LogP contribution in [0.5, 0.6) is 0 Å². The Balaban J connectivity index is 2.79. The van der Waals surface area contributed by atoms with Crippen LogP contribution in [-0.2, 0) is 4.79 Å². The van der Waals surface area contributed by atoms with Crippen LogP contribution in [0.3, 0.4) is 0 Å². The summed E-state index contributed by atoms with van der Waals surface area (Å²) in [5.74, 6) is -1.43. The first-order chi connectivity index (χ1) is 6.13. The van der Waals surface area contributed by atoms with E-state index >= 15 is 0 Å². The van der Waals surface area contributed by atoms with Gasteiger partial charge in [-0.3, -0.25) is 0 Å². The first-order valence-corrected chi connectivity index (χ1v) is 3.77. The molecule has 0 spiro atoms. The third kappa shape index (κ3) is 2.27. The number of aliphatic hydroxyl groups excluding tert-OH is 2. The molecule has 2 unspecified atom stereocenters. The molecule has 0 aromatic heterocycles. The topological polar surface area (TPSA) is 77.8 Å². The summed E-state index contributed by atoms with van der Waals surface area (Å²) in [4.78, 5) is 10.3. The van der Waals surface area contributed by atoms with Crippen LogP contribution in [0.15, 0.2) is 30.3 Å². The summed E-state index contributed by atoms with van der Waals surface area (Å²) in [6.07, 6.45) is -3.15. The van der Waals surface area contributed by atoms with Gasteiger partial charge in [-0.05, 0) is 5.56 Å². The molecule has 1 aromatic carbocycles. The first kappa shape index (κ1) is 9.70. The van der Waals surface area contributed by atoms with Crippen molar-refractivity contribution in [2.45, 2.75) is 12.2 Å². The van der Waals surface area contributed by atoms with Crippen LogP contribution in [0.2, 0.25) is 0 Å². The molecule has 0 aliphatic heterocycles. The van der Waals surface area contributed by atoms with Crippen LogP contribution in [0.1, 0.15) is 11.7 Å².